The number of aryl methyl sites for hydroxylation is 1. The van der Waals surface area contributed by atoms with Gasteiger partial charge in [0, 0.05) is 5.92 Å². The summed E-state index contributed by atoms with van der Waals surface area (Å²) in [5, 5.41) is 7.63. The molecule has 80 valence electrons. The maximum atomic E-state index is 5.63. The zero-order chi connectivity index (χ0) is 11.0. The number of hydrogen-bond donors (Lipinski definition) is 2. The van der Waals surface area contributed by atoms with Crippen LogP contribution in [0.2, 0.25) is 0 Å². The Morgan fingerprint density at radius 2 is 2.07 bits per heavy atom. The van der Waals surface area contributed by atoms with E-state index in [0.717, 1.165) is 16.4 Å². The van der Waals surface area contributed by atoms with Gasteiger partial charge in [0.1, 0.15) is 5.82 Å². The Hall–Kier alpha value is -1.43. The molecule has 0 spiro atoms. The molecule has 0 saturated carbocycles. The predicted octanol–water partition coefficient (Wildman–Crippen LogP) is 1.94. The molecule has 0 amide bonds. The van der Waals surface area contributed by atoms with Crippen molar-refractivity contribution in [1.29, 1.82) is 0 Å². The molecule has 5 nitrogen and oxygen atoms in total. The maximum absolute atomic E-state index is 5.63. The molecule has 2 rings (SSSR count). The molecule has 0 aliphatic rings. The van der Waals surface area contributed by atoms with Crippen LogP contribution in [0.3, 0.4) is 0 Å². The molecular weight excluding hydrogens is 210 g/mol. The second-order valence-corrected chi connectivity index (χ2v) is 4.70. The van der Waals surface area contributed by atoms with E-state index in [9.17, 15) is 0 Å². The van der Waals surface area contributed by atoms with Gasteiger partial charge in [0.05, 0.1) is 10.6 Å². The largest absolute Gasteiger partial charge is 0.375 e. The third-order valence-electron chi connectivity index (χ3n) is 2.07. The molecule has 6 heteroatoms. The van der Waals surface area contributed by atoms with Crippen LogP contribution in [0.15, 0.2) is 0 Å². The summed E-state index contributed by atoms with van der Waals surface area (Å²) in [5.74, 6) is 1.92. The van der Waals surface area contributed by atoms with Gasteiger partial charge in [-0.05, 0) is 6.92 Å². The number of nitrogen functional groups attached to an aromatic ring is 1. The number of aromatic nitrogens is 4. The highest BCUT2D eigenvalue weighted by Crippen LogP contribution is 2.28. The van der Waals surface area contributed by atoms with Gasteiger partial charge >= 0.3 is 0 Å². The number of aromatic amines is 1. The minimum Gasteiger partial charge on any atom is -0.375 e. The van der Waals surface area contributed by atoms with E-state index in [1.165, 1.54) is 11.3 Å². The van der Waals surface area contributed by atoms with Crippen LogP contribution in [0.4, 0.5) is 5.13 Å². The first-order chi connectivity index (χ1) is 7.08. The highest BCUT2D eigenvalue weighted by Gasteiger charge is 2.14. The van der Waals surface area contributed by atoms with Gasteiger partial charge in [-0.15, -0.1) is 0 Å². The molecule has 0 fully saturated rings. The Labute approximate surface area is 91.8 Å². The van der Waals surface area contributed by atoms with Crippen LogP contribution in [0, 0.1) is 6.92 Å². The highest BCUT2D eigenvalue weighted by atomic mass is 32.1. The average Bonchev–Trinajstić information content (AvgIpc) is 2.71. The zero-order valence-electron chi connectivity index (χ0n) is 8.90. The molecule has 0 saturated heterocycles. The third-order valence-corrected chi connectivity index (χ3v) is 3.05. The van der Waals surface area contributed by atoms with Gasteiger partial charge < -0.3 is 5.73 Å². The van der Waals surface area contributed by atoms with E-state index in [2.05, 4.69) is 34.0 Å². The predicted molar refractivity (Wildman–Crippen MR) is 60.7 cm³/mol. The van der Waals surface area contributed by atoms with Crippen molar-refractivity contribution < 1.29 is 0 Å². The molecule has 0 bridgehead atoms. The smallest absolute Gasteiger partial charge is 0.193 e. The average molecular weight is 223 g/mol. The Balaban J connectivity index is 2.41. The van der Waals surface area contributed by atoms with E-state index in [-0.39, 0.29) is 0 Å². The fraction of sp³-hybridized carbons (Fsp3) is 0.444. The van der Waals surface area contributed by atoms with Crippen LogP contribution in [0.25, 0.3) is 10.7 Å². The van der Waals surface area contributed by atoms with Crippen molar-refractivity contribution in [3.05, 3.63) is 11.5 Å². The Morgan fingerprint density at radius 1 is 1.33 bits per heavy atom. The summed E-state index contributed by atoms with van der Waals surface area (Å²) in [6.45, 7) is 6.05. The number of nitrogens with zero attached hydrogens (tertiary/aromatic N) is 3. The fourth-order valence-corrected chi connectivity index (χ4v) is 2.03. The number of thiazole rings is 1. The fourth-order valence-electron chi connectivity index (χ4n) is 1.26. The standard InChI is InChI=1S/C9H13N5S/c1-4(2)7-12-8(14-13-7)6-5(3)11-9(10)15-6/h4H,1-3H3,(H2,10,11)(H,12,13,14). The Kier molecular flexibility index (Phi) is 2.44. The normalized spacial score (nSPS) is 11.2. The number of nitrogens with two attached hydrogens (primary N) is 1. The van der Waals surface area contributed by atoms with E-state index in [1.54, 1.807) is 0 Å². The highest BCUT2D eigenvalue weighted by molar-refractivity contribution is 7.18. The van der Waals surface area contributed by atoms with Crippen LogP contribution in [0.1, 0.15) is 31.3 Å². The van der Waals surface area contributed by atoms with E-state index >= 15 is 0 Å². The molecule has 0 aromatic carbocycles. The second kappa shape index (κ2) is 3.62. The molecule has 3 N–H and O–H groups in total. The summed E-state index contributed by atoms with van der Waals surface area (Å²) in [6, 6.07) is 0. The molecular formula is C9H13N5S. The lowest BCUT2D eigenvalue weighted by Crippen LogP contribution is -1.89. The second-order valence-electron chi connectivity index (χ2n) is 3.67. The molecule has 2 aromatic rings. The summed E-state index contributed by atoms with van der Waals surface area (Å²) in [6.07, 6.45) is 0. The molecule has 0 aliphatic carbocycles. The van der Waals surface area contributed by atoms with E-state index < -0.39 is 0 Å². The Bertz CT molecular complexity index is 471. The molecule has 2 aromatic heterocycles. The van der Waals surface area contributed by atoms with Crippen molar-refractivity contribution in [3.8, 4) is 10.7 Å². The monoisotopic (exact) mass is 223 g/mol. The lowest BCUT2D eigenvalue weighted by Gasteiger charge is -1.94. The van der Waals surface area contributed by atoms with E-state index in [4.69, 9.17) is 5.73 Å². The summed E-state index contributed by atoms with van der Waals surface area (Å²) < 4.78 is 0. The van der Waals surface area contributed by atoms with Gasteiger partial charge in [0.2, 0.25) is 0 Å². The summed E-state index contributed by atoms with van der Waals surface area (Å²) in [7, 11) is 0. The first-order valence-corrected chi connectivity index (χ1v) is 5.55. The van der Waals surface area contributed by atoms with Crippen molar-refractivity contribution in [2.75, 3.05) is 5.73 Å². The van der Waals surface area contributed by atoms with Crippen LogP contribution < -0.4 is 5.73 Å². The zero-order valence-corrected chi connectivity index (χ0v) is 9.72. The molecule has 0 radical (unpaired) electrons. The molecule has 2 heterocycles. The SMILES string of the molecule is Cc1nc(N)sc1-c1n[nH]c(C(C)C)n1. The third kappa shape index (κ3) is 1.85. The summed E-state index contributed by atoms with van der Waals surface area (Å²) >= 11 is 1.41. The molecule has 0 unspecified atom stereocenters. The number of anilines is 1. The Morgan fingerprint density at radius 3 is 2.53 bits per heavy atom. The molecule has 0 atom stereocenters. The van der Waals surface area contributed by atoms with Crippen LogP contribution >= 0.6 is 11.3 Å². The van der Waals surface area contributed by atoms with Gasteiger partial charge in [-0.2, -0.15) is 5.10 Å². The quantitative estimate of drug-likeness (QED) is 0.815. The first kappa shape index (κ1) is 10.1. The van der Waals surface area contributed by atoms with Crippen molar-refractivity contribution >= 4 is 16.5 Å². The molecule has 0 aliphatic heterocycles. The van der Waals surface area contributed by atoms with Crippen molar-refractivity contribution in [2.24, 2.45) is 0 Å². The van der Waals surface area contributed by atoms with Crippen molar-refractivity contribution in [1.82, 2.24) is 20.2 Å². The lowest BCUT2D eigenvalue weighted by atomic mass is 10.2. The number of hydrogen-bond acceptors (Lipinski definition) is 5. The van der Waals surface area contributed by atoms with Crippen molar-refractivity contribution in [3.63, 3.8) is 0 Å². The van der Waals surface area contributed by atoms with Gasteiger partial charge in [0.25, 0.3) is 0 Å². The minimum atomic E-state index is 0.344. The maximum Gasteiger partial charge on any atom is 0.193 e. The van der Waals surface area contributed by atoms with Crippen molar-refractivity contribution in [2.45, 2.75) is 26.7 Å². The van der Waals surface area contributed by atoms with E-state index in [0.29, 0.717) is 16.9 Å². The summed E-state index contributed by atoms with van der Waals surface area (Å²) in [5.41, 5.74) is 6.51. The van der Waals surface area contributed by atoms with Gasteiger partial charge in [-0.1, -0.05) is 25.2 Å². The van der Waals surface area contributed by atoms with Crippen LogP contribution in [-0.4, -0.2) is 20.2 Å². The summed E-state index contributed by atoms with van der Waals surface area (Å²) in [4.78, 5) is 9.49. The van der Waals surface area contributed by atoms with Gasteiger partial charge in [-0.3, -0.25) is 5.10 Å². The number of rotatable bonds is 2. The number of H-pyrrole nitrogens is 1. The number of nitrogens with one attached hydrogen (secondary N) is 1. The van der Waals surface area contributed by atoms with Crippen LogP contribution in [0.5, 0.6) is 0 Å². The minimum absolute atomic E-state index is 0.344. The van der Waals surface area contributed by atoms with Gasteiger partial charge in [-0.25, -0.2) is 9.97 Å². The molecule has 15 heavy (non-hydrogen) atoms. The van der Waals surface area contributed by atoms with Gasteiger partial charge in [0.15, 0.2) is 11.0 Å². The van der Waals surface area contributed by atoms with Crippen LogP contribution in [-0.2, 0) is 0 Å². The van der Waals surface area contributed by atoms with E-state index in [1.807, 2.05) is 6.92 Å². The lowest BCUT2D eigenvalue weighted by molar-refractivity contribution is 0.781. The first-order valence-electron chi connectivity index (χ1n) is 4.73. The topological polar surface area (TPSA) is 80.5 Å².